The molecule has 1 aliphatic rings. The molecule has 8 heteroatoms. The zero-order valence-corrected chi connectivity index (χ0v) is 17.1. The van der Waals surface area contributed by atoms with Crippen LogP contribution in [0.1, 0.15) is 35.2 Å². The summed E-state index contributed by atoms with van der Waals surface area (Å²) < 4.78 is 28.0. The lowest BCUT2D eigenvalue weighted by Gasteiger charge is -2.25. The van der Waals surface area contributed by atoms with Crippen LogP contribution in [0.15, 0.2) is 47.4 Å². The van der Waals surface area contributed by atoms with Crippen LogP contribution >= 0.6 is 11.3 Å². The Morgan fingerprint density at radius 2 is 1.79 bits per heavy atom. The molecule has 0 saturated carbocycles. The van der Waals surface area contributed by atoms with Crippen molar-refractivity contribution in [3.63, 3.8) is 0 Å². The Bertz CT molecular complexity index is 1120. The average Bonchev–Trinajstić information content (AvgIpc) is 3.10. The first-order valence-corrected chi connectivity index (χ1v) is 11.5. The van der Waals surface area contributed by atoms with Gasteiger partial charge in [0.25, 0.3) is 5.91 Å². The summed E-state index contributed by atoms with van der Waals surface area (Å²) in [7, 11) is -3.49. The van der Waals surface area contributed by atoms with E-state index >= 15 is 0 Å². The molecule has 2 heterocycles. The van der Waals surface area contributed by atoms with Crippen LogP contribution in [0.5, 0.6) is 0 Å². The molecule has 1 aliphatic heterocycles. The highest BCUT2D eigenvalue weighted by molar-refractivity contribution is 7.89. The number of nitrogens with zero attached hydrogens (tertiary/aromatic N) is 2. The highest BCUT2D eigenvalue weighted by Gasteiger charge is 2.26. The van der Waals surface area contributed by atoms with Gasteiger partial charge in [-0.2, -0.15) is 4.31 Å². The molecule has 0 atom stereocenters. The summed E-state index contributed by atoms with van der Waals surface area (Å²) >= 11 is 1.27. The van der Waals surface area contributed by atoms with Gasteiger partial charge in [-0.25, -0.2) is 13.4 Å². The number of thiazole rings is 1. The molecule has 0 bridgehead atoms. The third kappa shape index (κ3) is 3.80. The number of amides is 1. The van der Waals surface area contributed by atoms with Gasteiger partial charge in [0.1, 0.15) is 0 Å². The van der Waals surface area contributed by atoms with Crippen LogP contribution in [0.4, 0.5) is 5.13 Å². The molecular formula is C20H21N3O3S2. The molecule has 1 N–H and O–H groups in total. The maximum atomic E-state index is 12.9. The SMILES string of the molecule is Cc1ccc(C(=O)Nc2nc3ccc(S(=O)(=O)N4CCCCC4)cc3s2)cc1. The van der Waals surface area contributed by atoms with Crippen molar-refractivity contribution < 1.29 is 13.2 Å². The van der Waals surface area contributed by atoms with Gasteiger partial charge in [-0.3, -0.25) is 10.1 Å². The van der Waals surface area contributed by atoms with Crippen LogP contribution in [0, 0.1) is 6.92 Å². The van der Waals surface area contributed by atoms with E-state index in [-0.39, 0.29) is 10.8 Å². The van der Waals surface area contributed by atoms with Crippen molar-refractivity contribution in [2.75, 3.05) is 18.4 Å². The monoisotopic (exact) mass is 415 g/mol. The molecule has 1 amide bonds. The maximum Gasteiger partial charge on any atom is 0.257 e. The first-order chi connectivity index (χ1) is 13.4. The lowest BCUT2D eigenvalue weighted by Crippen LogP contribution is -2.35. The second-order valence-electron chi connectivity index (χ2n) is 6.93. The van der Waals surface area contributed by atoms with Crippen molar-refractivity contribution >= 4 is 42.6 Å². The van der Waals surface area contributed by atoms with Crippen molar-refractivity contribution in [3.05, 3.63) is 53.6 Å². The van der Waals surface area contributed by atoms with E-state index in [4.69, 9.17) is 0 Å². The van der Waals surface area contributed by atoms with E-state index in [1.54, 1.807) is 34.6 Å². The topological polar surface area (TPSA) is 79.4 Å². The molecule has 2 aromatic carbocycles. The fraction of sp³-hybridized carbons (Fsp3) is 0.300. The number of sulfonamides is 1. The molecule has 0 radical (unpaired) electrons. The van der Waals surface area contributed by atoms with Crippen LogP contribution < -0.4 is 5.32 Å². The Hall–Kier alpha value is -2.29. The third-order valence-electron chi connectivity index (χ3n) is 4.85. The number of aryl methyl sites for hydroxylation is 1. The number of hydrogen-bond acceptors (Lipinski definition) is 5. The minimum absolute atomic E-state index is 0.236. The van der Waals surface area contributed by atoms with Crippen molar-refractivity contribution in [1.29, 1.82) is 0 Å². The van der Waals surface area contributed by atoms with Crippen LogP contribution in [0.2, 0.25) is 0 Å². The van der Waals surface area contributed by atoms with Gasteiger partial charge < -0.3 is 0 Å². The quantitative estimate of drug-likeness (QED) is 0.698. The van der Waals surface area contributed by atoms with Crippen molar-refractivity contribution in [1.82, 2.24) is 9.29 Å². The van der Waals surface area contributed by atoms with E-state index in [1.165, 1.54) is 11.3 Å². The first-order valence-electron chi connectivity index (χ1n) is 9.22. The molecule has 28 heavy (non-hydrogen) atoms. The lowest BCUT2D eigenvalue weighted by molar-refractivity contribution is 0.102. The Morgan fingerprint density at radius 3 is 2.50 bits per heavy atom. The Morgan fingerprint density at radius 1 is 1.07 bits per heavy atom. The van der Waals surface area contributed by atoms with E-state index in [9.17, 15) is 13.2 Å². The number of carbonyl (C=O) groups excluding carboxylic acids is 1. The van der Waals surface area contributed by atoms with Gasteiger partial charge in [-0.1, -0.05) is 35.5 Å². The normalized spacial score (nSPS) is 15.6. The van der Waals surface area contributed by atoms with Gasteiger partial charge in [0.15, 0.2) is 5.13 Å². The van der Waals surface area contributed by atoms with E-state index in [0.717, 1.165) is 29.5 Å². The fourth-order valence-corrected chi connectivity index (χ4v) is 5.77. The molecule has 3 aromatic rings. The maximum absolute atomic E-state index is 12.9. The third-order valence-corrected chi connectivity index (χ3v) is 7.68. The number of nitrogens with one attached hydrogen (secondary N) is 1. The summed E-state index contributed by atoms with van der Waals surface area (Å²) in [5.74, 6) is -0.236. The number of aromatic nitrogens is 1. The summed E-state index contributed by atoms with van der Waals surface area (Å²) in [6, 6.07) is 12.2. The number of fused-ring (bicyclic) bond motifs is 1. The summed E-state index contributed by atoms with van der Waals surface area (Å²) in [5, 5.41) is 3.25. The fourth-order valence-electron chi connectivity index (χ4n) is 3.25. The molecule has 1 fully saturated rings. The number of anilines is 1. The number of piperidine rings is 1. The predicted molar refractivity (Wildman–Crippen MR) is 111 cm³/mol. The molecule has 0 aliphatic carbocycles. The van der Waals surface area contributed by atoms with Gasteiger partial charge in [-0.05, 0) is 50.1 Å². The van der Waals surface area contributed by atoms with Crippen LogP contribution in [0.25, 0.3) is 10.2 Å². The molecule has 4 rings (SSSR count). The molecule has 0 spiro atoms. The number of rotatable bonds is 4. The minimum atomic E-state index is -3.49. The lowest BCUT2D eigenvalue weighted by atomic mass is 10.1. The standard InChI is InChI=1S/C20H21N3O3S2/c1-14-5-7-15(8-6-14)19(24)22-20-21-17-10-9-16(13-18(17)27-20)28(25,26)23-11-3-2-4-12-23/h5-10,13H,2-4,11-12H2,1H3,(H,21,22,24). The average molecular weight is 416 g/mol. The molecule has 0 unspecified atom stereocenters. The number of carbonyl (C=O) groups is 1. The molecule has 6 nitrogen and oxygen atoms in total. The molecule has 1 saturated heterocycles. The van der Waals surface area contributed by atoms with Gasteiger partial charge in [0.2, 0.25) is 10.0 Å². The summed E-state index contributed by atoms with van der Waals surface area (Å²) in [6.07, 6.45) is 2.87. The van der Waals surface area contributed by atoms with Gasteiger partial charge in [-0.15, -0.1) is 0 Å². The minimum Gasteiger partial charge on any atom is -0.298 e. The van der Waals surface area contributed by atoms with Crippen LogP contribution in [-0.2, 0) is 10.0 Å². The first kappa shape index (κ1) is 19.0. The van der Waals surface area contributed by atoms with Gasteiger partial charge in [0.05, 0.1) is 15.1 Å². The highest BCUT2D eigenvalue weighted by Crippen LogP contribution is 2.30. The van der Waals surface area contributed by atoms with E-state index < -0.39 is 10.0 Å². The Balaban J connectivity index is 1.58. The van der Waals surface area contributed by atoms with Crippen LogP contribution in [0.3, 0.4) is 0 Å². The van der Waals surface area contributed by atoms with Crippen molar-refractivity contribution in [2.24, 2.45) is 0 Å². The smallest absolute Gasteiger partial charge is 0.257 e. The Kier molecular flexibility index (Phi) is 5.18. The van der Waals surface area contributed by atoms with Gasteiger partial charge >= 0.3 is 0 Å². The van der Waals surface area contributed by atoms with E-state index in [0.29, 0.717) is 29.3 Å². The zero-order chi connectivity index (χ0) is 19.7. The summed E-state index contributed by atoms with van der Waals surface area (Å²) in [5.41, 5.74) is 2.30. The second-order valence-corrected chi connectivity index (χ2v) is 9.90. The number of hydrogen-bond donors (Lipinski definition) is 1. The summed E-state index contributed by atoms with van der Waals surface area (Å²) in [6.45, 7) is 3.10. The van der Waals surface area contributed by atoms with E-state index in [2.05, 4.69) is 10.3 Å². The van der Waals surface area contributed by atoms with E-state index in [1.807, 2.05) is 19.1 Å². The second kappa shape index (κ2) is 7.62. The predicted octanol–water partition coefficient (Wildman–Crippen LogP) is 4.03. The highest BCUT2D eigenvalue weighted by atomic mass is 32.2. The largest absolute Gasteiger partial charge is 0.298 e. The zero-order valence-electron chi connectivity index (χ0n) is 15.5. The Labute approximate surface area is 168 Å². The number of benzene rings is 2. The van der Waals surface area contributed by atoms with Crippen molar-refractivity contribution in [3.8, 4) is 0 Å². The van der Waals surface area contributed by atoms with Crippen LogP contribution in [-0.4, -0.2) is 36.7 Å². The van der Waals surface area contributed by atoms with Gasteiger partial charge in [0, 0.05) is 18.7 Å². The van der Waals surface area contributed by atoms with Crippen molar-refractivity contribution in [2.45, 2.75) is 31.1 Å². The summed E-state index contributed by atoms with van der Waals surface area (Å²) in [4.78, 5) is 17.1. The molecular weight excluding hydrogens is 394 g/mol. The molecule has 146 valence electrons. The molecule has 1 aromatic heterocycles.